The van der Waals surface area contributed by atoms with E-state index in [0.29, 0.717) is 17.5 Å². The zero-order valence-corrected chi connectivity index (χ0v) is 19.2. The standard InChI is InChI=1S/C26H18BrN3O2/c1-15(31)30(16(2)32)26-22(13-28)24(18-7-10-19(27)11-8-18)21-12-9-17-5-3-4-6-20(17)25(21)23(26)14-29/h3-8,10-11H,9,12H2,1-2H3. The van der Waals surface area contributed by atoms with Gasteiger partial charge in [0.25, 0.3) is 0 Å². The third-order valence-corrected chi connectivity index (χ3v) is 6.25. The van der Waals surface area contributed by atoms with Gasteiger partial charge in [-0.3, -0.25) is 9.59 Å². The fourth-order valence-electron chi connectivity index (χ4n) is 4.49. The first-order chi connectivity index (χ1) is 15.4. The summed E-state index contributed by atoms with van der Waals surface area (Å²) in [6.45, 7) is 2.52. The van der Waals surface area contributed by atoms with Gasteiger partial charge in [0, 0.05) is 29.4 Å². The molecule has 0 heterocycles. The van der Waals surface area contributed by atoms with Crippen molar-refractivity contribution in [1.82, 2.24) is 0 Å². The maximum atomic E-state index is 12.5. The van der Waals surface area contributed by atoms with Gasteiger partial charge in [0.15, 0.2) is 0 Å². The molecule has 6 heteroatoms. The second kappa shape index (κ2) is 8.42. The van der Waals surface area contributed by atoms with Crippen molar-refractivity contribution in [3.05, 3.63) is 75.3 Å². The molecule has 156 valence electrons. The van der Waals surface area contributed by atoms with Gasteiger partial charge in [-0.2, -0.15) is 10.5 Å². The Morgan fingerprint density at radius 3 is 2.06 bits per heavy atom. The number of fused-ring (bicyclic) bond motifs is 3. The highest BCUT2D eigenvalue weighted by molar-refractivity contribution is 9.10. The van der Waals surface area contributed by atoms with Crippen LogP contribution in [0.4, 0.5) is 5.69 Å². The lowest BCUT2D eigenvalue weighted by molar-refractivity contribution is -0.124. The van der Waals surface area contributed by atoms with Crippen LogP contribution in [0, 0.1) is 22.7 Å². The van der Waals surface area contributed by atoms with Crippen molar-refractivity contribution in [3.8, 4) is 34.4 Å². The fraction of sp³-hybridized carbons (Fsp3) is 0.154. The molecular formula is C26H18BrN3O2. The van der Waals surface area contributed by atoms with Crippen LogP contribution < -0.4 is 4.90 Å². The molecule has 1 aliphatic carbocycles. The van der Waals surface area contributed by atoms with Gasteiger partial charge >= 0.3 is 0 Å². The molecule has 5 nitrogen and oxygen atoms in total. The molecule has 1 aliphatic rings. The summed E-state index contributed by atoms with van der Waals surface area (Å²) in [5.41, 5.74) is 5.39. The first-order valence-electron chi connectivity index (χ1n) is 10.1. The second-order valence-electron chi connectivity index (χ2n) is 7.59. The Bertz CT molecular complexity index is 1350. The van der Waals surface area contributed by atoms with E-state index >= 15 is 0 Å². The van der Waals surface area contributed by atoms with Crippen LogP contribution in [0.5, 0.6) is 0 Å². The second-order valence-corrected chi connectivity index (χ2v) is 8.50. The molecule has 0 bridgehead atoms. The maximum absolute atomic E-state index is 12.5. The van der Waals surface area contributed by atoms with Crippen molar-refractivity contribution in [1.29, 1.82) is 10.5 Å². The summed E-state index contributed by atoms with van der Waals surface area (Å²) < 4.78 is 0.891. The van der Waals surface area contributed by atoms with Gasteiger partial charge in [-0.15, -0.1) is 0 Å². The van der Waals surface area contributed by atoms with Gasteiger partial charge in [-0.25, -0.2) is 4.90 Å². The number of anilines is 1. The van der Waals surface area contributed by atoms with E-state index in [2.05, 4.69) is 28.1 Å². The number of carbonyl (C=O) groups excluding carboxylic acids is 2. The number of benzene rings is 3. The number of hydrogen-bond acceptors (Lipinski definition) is 4. The number of halogens is 1. The lowest BCUT2D eigenvalue weighted by Crippen LogP contribution is -2.35. The summed E-state index contributed by atoms with van der Waals surface area (Å²) in [6.07, 6.45) is 1.41. The van der Waals surface area contributed by atoms with Crippen LogP contribution in [0.1, 0.15) is 36.1 Å². The molecule has 0 fully saturated rings. The molecule has 2 amide bonds. The summed E-state index contributed by atoms with van der Waals surface area (Å²) in [4.78, 5) is 26.0. The molecule has 0 aliphatic heterocycles. The molecule has 0 unspecified atom stereocenters. The van der Waals surface area contributed by atoms with Gasteiger partial charge < -0.3 is 0 Å². The normalized spacial score (nSPS) is 11.5. The van der Waals surface area contributed by atoms with E-state index in [1.807, 2.05) is 48.5 Å². The molecule has 0 radical (unpaired) electrons. The average molecular weight is 484 g/mol. The molecule has 4 rings (SSSR count). The van der Waals surface area contributed by atoms with Crippen LogP contribution in [0.15, 0.2) is 53.0 Å². The van der Waals surface area contributed by atoms with Crippen LogP contribution in [-0.4, -0.2) is 11.8 Å². The number of rotatable bonds is 2. The molecule has 3 aromatic rings. The number of carbonyl (C=O) groups is 2. The highest BCUT2D eigenvalue weighted by atomic mass is 79.9. The largest absolute Gasteiger partial charge is 0.274 e. The molecule has 32 heavy (non-hydrogen) atoms. The summed E-state index contributed by atoms with van der Waals surface area (Å²) in [6, 6.07) is 19.8. The van der Waals surface area contributed by atoms with E-state index in [9.17, 15) is 20.1 Å². The minimum absolute atomic E-state index is 0.0587. The third-order valence-electron chi connectivity index (χ3n) is 5.72. The minimum atomic E-state index is -0.545. The Kier molecular flexibility index (Phi) is 5.65. The van der Waals surface area contributed by atoms with Gasteiger partial charge in [0.05, 0.1) is 16.8 Å². The Labute approximate surface area is 194 Å². The van der Waals surface area contributed by atoms with Crippen molar-refractivity contribution < 1.29 is 9.59 Å². The molecule has 0 saturated heterocycles. The number of amides is 2. The Morgan fingerprint density at radius 1 is 0.875 bits per heavy atom. The molecule has 0 spiro atoms. The first kappa shape index (κ1) is 21.5. The monoisotopic (exact) mass is 483 g/mol. The number of nitrogens with zero attached hydrogens (tertiary/aromatic N) is 3. The number of nitriles is 2. The van der Waals surface area contributed by atoms with E-state index in [1.54, 1.807) is 0 Å². The van der Waals surface area contributed by atoms with Crippen molar-refractivity contribution in [2.75, 3.05) is 4.90 Å². The lowest BCUT2D eigenvalue weighted by Gasteiger charge is -2.29. The van der Waals surface area contributed by atoms with E-state index in [4.69, 9.17) is 0 Å². The zero-order valence-electron chi connectivity index (χ0n) is 17.6. The first-order valence-corrected chi connectivity index (χ1v) is 10.9. The lowest BCUT2D eigenvalue weighted by atomic mass is 9.77. The SMILES string of the molecule is CC(=O)N(C(C)=O)c1c(C#N)c(-c2ccc(Br)cc2)c2c(c1C#N)-c1ccccc1CC2. The maximum Gasteiger partial charge on any atom is 0.230 e. The van der Waals surface area contributed by atoms with Crippen LogP contribution in [0.3, 0.4) is 0 Å². The molecule has 0 aromatic heterocycles. The van der Waals surface area contributed by atoms with Crippen LogP contribution in [0.25, 0.3) is 22.3 Å². The van der Waals surface area contributed by atoms with Crippen LogP contribution in [-0.2, 0) is 22.4 Å². The topological polar surface area (TPSA) is 85.0 Å². The minimum Gasteiger partial charge on any atom is -0.274 e. The van der Waals surface area contributed by atoms with Crippen molar-refractivity contribution >= 4 is 33.4 Å². The van der Waals surface area contributed by atoms with Crippen LogP contribution in [0.2, 0.25) is 0 Å². The summed E-state index contributed by atoms with van der Waals surface area (Å²) >= 11 is 3.44. The van der Waals surface area contributed by atoms with Crippen molar-refractivity contribution in [2.24, 2.45) is 0 Å². The molecule has 3 aromatic carbocycles. The predicted molar refractivity (Wildman–Crippen MR) is 126 cm³/mol. The quantitative estimate of drug-likeness (QED) is 0.479. The smallest absolute Gasteiger partial charge is 0.230 e. The number of aryl methyl sites for hydroxylation is 1. The van der Waals surface area contributed by atoms with E-state index in [1.165, 1.54) is 13.8 Å². The van der Waals surface area contributed by atoms with Gasteiger partial charge in [-0.1, -0.05) is 52.3 Å². The Balaban J connectivity index is 2.24. The summed E-state index contributed by atoms with van der Waals surface area (Å²) in [5.74, 6) is -1.09. The van der Waals surface area contributed by atoms with E-state index < -0.39 is 11.8 Å². The summed E-state index contributed by atoms with van der Waals surface area (Å²) in [5, 5.41) is 20.4. The van der Waals surface area contributed by atoms with Crippen molar-refractivity contribution in [2.45, 2.75) is 26.7 Å². The zero-order chi connectivity index (χ0) is 23.0. The number of hydrogen-bond donors (Lipinski definition) is 0. The Morgan fingerprint density at radius 2 is 1.47 bits per heavy atom. The molecular weight excluding hydrogens is 466 g/mol. The van der Waals surface area contributed by atoms with E-state index in [-0.39, 0.29) is 16.8 Å². The molecule has 0 atom stereocenters. The van der Waals surface area contributed by atoms with Gasteiger partial charge in [0.1, 0.15) is 12.1 Å². The predicted octanol–water partition coefficient (Wildman–Crippen LogP) is 5.52. The van der Waals surface area contributed by atoms with Crippen LogP contribution >= 0.6 is 15.9 Å². The third kappa shape index (κ3) is 3.39. The average Bonchev–Trinajstić information content (AvgIpc) is 2.78. The molecule has 0 N–H and O–H groups in total. The van der Waals surface area contributed by atoms with Gasteiger partial charge in [-0.05, 0) is 47.2 Å². The highest BCUT2D eigenvalue weighted by Crippen LogP contribution is 2.47. The molecule has 0 saturated carbocycles. The van der Waals surface area contributed by atoms with E-state index in [0.717, 1.165) is 38.0 Å². The highest BCUT2D eigenvalue weighted by Gasteiger charge is 2.33. The Hall–Kier alpha value is -3.74. The van der Waals surface area contributed by atoms with Gasteiger partial charge in [0.2, 0.25) is 11.8 Å². The summed E-state index contributed by atoms with van der Waals surface area (Å²) in [7, 11) is 0. The van der Waals surface area contributed by atoms with Crippen molar-refractivity contribution in [3.63, 3.8) is 0 Å². The number of imide groups is 1. The fourth-order valence-corrected chi connectivity index (χ4v) is 4.76.